The van der Waals surface area contributed by atoms with E-state index < -0.39 is 0 Å². The first-order valence-electron chi connectivity index (χ1n) is 3.65. The summed E-state index contributed by atoms with van der Waals surface area (Å²) in [6.45, 7) is 0.381. The monoisotopic (exact) mass is 185 g/mol. The number of hydrogen-bond acceptors (Lipinski definition) is 3. The molecule has 0 aliphatic carbocycles. The predicted molar refractivity (Wildman–Crippen MR) is 51.8 cm³/mol. The number of benzene rings is 1. The van der Waals surface area contributed by atoms with Gasteiger partial charge in [0.05, 0.1) is 0 Å². The normalized spacial score (nSPS) is 12.9. The molecule has 3 nitrogen and oxygen atoms in total. The number of anilines is 1. The maximum absolute atomic E-state index is 5.71. The van der Waals surface area contributed by atoms with Gasteiger partial charge in [-0.2, -0.15) is 0 Å². The topological polar surface area (TPSA) is 78.1 Å². The summed E-state index contributed by atoms with van der Waals surface area (Å²) in [4.78, 5) is 0. The molecule has 6 N–H and O–H groups in total. The van der Waals surface area contributed by atoms with Crippen LogP contribution in [-0.4, -0.2) is 6.54 Å². The maximum atomic E-state index is 5.71. The zero-order chi connectivity index (χ0) is 9.14. The van der Waals surface area contributed by atoms with Gasteiger partial charge >= 0.3 is 0 Å². The van der Waals surface area contributed by atoms with Crippen LogP contribution >= 0.6 is 11.6 Å². The van der Waals surface area contributed by atoms with Gasteiger partial charge in [-0.1, -0.05) is 17.7 Å². The van der Waals surface area contributed by atoms with Gasteiger partial charge in [-0.25, -0.2) is 0 Å². The van der Waals surface area contributed by atoms with Crippen LogP contribution < -0.4 is 17.2 Å². The third-order valence-corrected chi connectivity index (χ3v) is 1.94. The molecule has 0 aliphatic heterocycles. The largest absolute Gasteiger partial charge is 0.398 e. The highest BCUT2D eigenvalue weighted by Gasteiger charge is 2.06. The number of rotatable bonds is 2. The Balaban J connectivity index is 3.01. The van der Waals surface area contributed by atoms with Crippen LogP contribution in [-0.2, 0) is 0 Å². The van der Waals surface area contributed by atoms with E-state index in [4.69, 9.17) is 28.8 Å². The van der Waals surface area contributed by atoms with Crippen molar-refractivity contribution in [1.82, 2.24) is 0 Å². The van der Waals surface area contributed by atoms with Gasteiger partial charge < -0.3 is 17.2 Å². The molecule has 0 spiro atoms. The van der Waals surface area contributed by atoms with Crippen LogP contribution in [0.5, 0.6) is 0 Å². The minimum atomic E-state index is -0.206. The van der Waals surface area contributed by atoms with E-state index in [1.54, 1.807) is 18.2 Å². The Hall–Kier alpha value is -0.770. The summed E-state index contributed by atoms with van der Waals surface area (Å²) in [5.41, 5.74) is 18.2. The molecule has 0 saturated heterocycles. The SMILES string of the molecule is NCC(N)c1ccc(Cl)cc1N. The first kappa shape index (κ1) is 9.32. The molecule has 0 bridgehead atoms. The summed E-state index contributed by atoms with van der Waals surface area (Å²) in [6.07, 6.45) is 0. The molecule has 0 fully saturated rings. The van der Waals surface area contributed by atoms with E-state index in [0.29, 0.717) is 17.3 Å². The van der Waals surface area contributed by atoms with Gasteiger partial charge in [-0.15, -0.1) is 0 Å². The Morgan fingerprint density at radius 1 is 1.42 bits per heavy atom. The van der Waals surface area contributed by atoms with E-state index in [2.05, 4.69) is 0 Å². The predicted octanol–water partition coefficient (Wildman–Crippen LogP) is 0.881. The summed E-state index contributed by atoms with van der Waals surface area (Å²) in [5.74, 6) is 0. The van der Waals surface area contributed by atoms with Gasteiger partial charge in [0, 0.05) is 23.3 Å². The third-order valence-electron chi connectivity index (χ3n) is 1.70. The van der Waals surface area contributed by atoms with Crippen LogP contribution in [0.15, 0.2) is 18.2 Å². The molecule has 0 heterocycles. The first-order valence-corrected chi connectivity index (χ1v) is 4.03. The molecular formula is C8H12ClN3. The highest BCUT2D eigenvalue weighted by Crippen LogP contribution is 2.21. The maximum Gasteiger partial charge on any atom is 0.0440 e. The molecule has 12 heavy (non-hydrogen) atoms. The van der Waals surface area contributed by atoms with Crippen LogP contribution in [0.3, 0.4) is 0 Å². The lowest BCUT2D eigenvalue weighted by atomic mass is 10.1. The molecule has 1 aromatic carbocycles. The van der Waals surface area contributed by atoms with E-state index in [9.17, 15) is 0 Å². The zero-order valence-electron chi connectivity index (χ0n) is 6.63. The van der Waals surface area contributed by atoms with Gasteiger partial charge in [0.2, 0.25) is 0 Å². The lowest BCUT2D eigenvalue weighted by Crippen LogP contribution is -2.21. The average molecular weight is 186 g/mol. The summed E-state index contributed by atoms with van der Waals surface area (Å²) < 4.78 is 0. The van der Waals surface area contributed by atoms with Crippen molar-refractivity contribution < 1.29 is 0 Å². The smallest absolute Gasteiger partial charge is 0.0440 e. The Kier molecular flexibility index (Phi) is 2.92. The first-order chi connectivity index (χ1) is 5.65. The fourth-order valence-corrected chi connectivity index (χ4v) is 1.19. The minimum Gasteiger partial charge on any atom is -0.398 e. The Labute approximate surface area is 76.5 Å². The lowest BCUT2D eigenvalue weighted by Gasteiger charge is -2.11. The van der Waals surface area contributed by atoms with Crippen molar-refractivity contribution in [1.29, 1.82) is 0 Å². The molecule has 1 atom stereocenters. The van der Waals surface area contributed by atoms with Crippen molar-refractivity contribution in [2.45, 2.75) is 6.04 Å². The van der Waals surface area contributed by atoms with Crippen molar-refractivity contribution in [3.8, 4) is 0 Å². The molecule has 0 saturated carbocycles. The van der Waals surface area contributed by atoms with Gasteiger partial charge in [-0.05, 0) is 17.7 Å². The zero-order valence-corrected chi connectivity index (χ0v) is 7.38. The average Bonchev–Trinajstić information content (AvgIpc) is 2.03. The fraction of sp³-hybridized carbons (Fsp3) is 0.250. The molecule has 66 valence electrons. The quantitative estimate of drug-likeness (QED) is 0.599. The standard InChI is InChI=1S/C8H12ClN3/c9-5-1-2-6(7(11)3-5)8(12)4-10/h1-3,8H,4,10-12H2. The third kappa shape index (κ3) is 1.88. The highest BCUT2D eigenvalue weighted by atomic mass is 35.5. The molecule has 0 aromatic heterocycles. The molecule has 1 rings (SSSR count). The molecule has 1 unspecified atom stereocenters. The van der Waals surface area contributed by atoms with Crippen LogP contribution in [0.1, 0.15) is 11.6 Å². The second kappa shape index (κ2) is 3.76. The number of halogens is 1. The number of nitrogens with two attached hydrogens (primary N) is 3. The highest BCUT2D eigenvalue weighted by molar-refractivity contribution is 6.30. The van der Waals surface area contributed by atoms with Crippen molar-refractivity contribution in [2.75, 3.05) is 12.3 Å². The van der Waals surface area contributed by atoms with E-state index >= 15 is 0 Å². The van der Waals surface area contributed by atoms with Gasteiger partial charge in [-0.3, -0.25) is 0 Å². The van der Waals surface area contributed by atoms with Gasteiger partial charge in [0.15, 0.2) is 0 Å². The second-order valence-electron chi connectivity index (χ2n) is 2.62. The van der Waals surface area contributed by atoms with E-state index in [0.717, 1.165) is 5.56 Å². The van der Waals surface area contributed by atoms with E-state index in [1.165, 1.54) is 0 Å². The van der Waals surface area contributed by atoms with E-state index in [-0.39, 0.29) is 6.04 Å². The Morgan fingerprint density at radius 3 is 2.58 bits per heavy atom. The molecule has 0 amide bonds. The molecule has 0 aliphatic rings. The summed E-state index contributed by atoms with van der Waals surface area (Å²) in [6, 6.07) is 5.02. The molecule has 1 aromatic rings. The number of nitrogen functional groups attached to an aromatic ring is 1. The molecular weight excluding hydrogens is 174 g/mol. The second-order valence-corrected chi connectivity index (χ2v) is 3.05. The molecule has 4 heteroatoms. The molecule has 0 radical (unpaired) electrons. The van der Waals surface area contributed by atoms with Crippen LogP contribution in [0, 0.1) is 0 Å². The lowest BCUT2D eigenvalue weighted by molar-refractivity contribution is 0.739. The van der Waals surface area contributed by atoms with Gasteiger partial charge in [0.1, 0.15) is 0 Å². The minimum absolute atomic E-state index is 0.206. The van der Waals surface area contributed by atoms with Crippen LogP contribution in [0.4, 0.5) is 5.69 Å². The van der Waals surface area contributed by atoms with Crippen LogP contribution in [0.2, 0.25) is 5.02 Å². The van der Waals surface area contributed by atoms with Crippen LogP contribution in [0.25, 0.3) is 0 Å². The van der Waals surface area contributed by atoms with Crippen molar-refractivity contribution >= 4 is 17.3 Å². The number of hydrogen-bond donors (Lipinski definition) is 3. The fourth-order valence-electron chi connectivity index (χ4n) is 1.01. The Bertz CT molecular complexity index is 275. The van der Waals surface area contributed by atoms with Crippen molar-refractivity contribution in [2.24, 2.45) is 11.5 Å². The van der Waals surface area contributed by atoms with Crippen molar-refractivity contribution in [3.05, 3.63) is 28.8 Å². The summed E-state index contributed by atoms with van der Waals surface area (Å²) >= 11 is 5.71. The summed E-state index contributed by atoms with van der Waals surface area (Å²) in [7, 11) is 0. The van der Waals surface area contributed by atoms with E-state index in [1.807, 2.05) is 0 Å². The van der Waals surface area contributed by atoms with Crippen molar-refractivity contribution in [3.63, 3.8) is 0 Å². The summed E-state index contributed by atoms with van der Waals surface area (Å²) in [5, 5.41) is 0.612. The van der Waals surface area contributed by atoms with Gasteiger partial charge in [0.25, 0.3) is 0 Å². The Morgan fingerprint density at radius 2 is 2.08 bits per heavy atom.